The number of aromatic nitrogens is 2. The topological polar surface area (TPSA) is 190 Å². The van der Waals surface area contributed by atoms with Crippen LogP contribution in [-0.2, 0) is 14.4 Å². The number of ether oxygens (including phenoxy) is 1. The number of nitrogens with zero attached hydrogens (tertiary/aromatic N) is 7. The van der Waals surface area contributed by atoms with Crippen molar-refractivity contribution >= 4 is 64.3 Å². The number of anilines is 5. The van der Waals surface area contributed by atoms with Crippen molar-refractivity contribution in [3.05, 3.63) is 59.0 Å². The molecule has 4 aliphatic heterocycles. The number of unbranched alkanes of at least 4 members (excludes halogenated alkanes) is 2. The minimum Gasteiger partial charge on any atom is -0.495 e. The lowest BCUT2D eigenvalue weighted by molar-refractivity contribution is -0.140. The summed E-state index contributed by atoms with van der Waals surface area (Å²) in [6.45, 7) is 2.48. The van der Waals surface area contributed by atoms with E-state index in [1.807, 2.05) is 0 Å². The number of carbonyl (C=O) groups excluding carboxylic acids is 6. The number of imide groups is 2. The standard InChI is InChI=1S/C43H49F3N10O7/c1-52-32-23-48-42(51-36(32)55(25-9-4-5-10-25)24-43(45,46)41(52)62)49-30-22-28(44)27(21-33(30)63-2)38(59)54-19-17-53(18-20-54)16-7-3-6-15-47-29-12-8-11-26-35(29)40(61)56(39(26)60)31-13-14-34(57)50-37(31)58/h8,11-12,21-23,25,31,47H,3-7,9-10,13-20,24H2,1-2H3,(H,48,49,51)(H,50,57,58). The summed E-state index contributed by atoms with van der Waals surface area (Å²) in [7, 11) is 2.64. The van der Waals surface area contributed by atoms with Crippen molar-refractivity contribution in [2.75, 3.05) is 80.4 Å². The molecule has 3 fully saturated rings. The first-order valence-corrected chi connectivity index (χ1v) is 21.3. The summed E-state index contributed by atoms with van der Waals surface area (Å²) in [6.07, 6.45) is 7.03. The van der Waals surface area contributed by atoms with Crippen molar-refractivity contribution in [1.29, 1.82) is 0 Å². The van der Waals surface area contributed by atoms with Gasteiger partial charge in [-0.05, 0) is 56.8 Å². The van der Waals surface area contributed by atoms with Gasteiger partial charge in [0.25, 0.3) is 23.6 Å². The molecule has 3 N–H and O–H groups in total. The summed E-state index contributed by atoms with van der Waals surface area (Å²) in [5.74, 6) is -8.19. The van der Waals surface area contributed by atoms with Crippen molar-refractivity contribution in [3.8, 4) is 5.75 Å². The van der Waals surface area contributed by atoms with E-state index in [2.05, 4.69) is 30.8 Å². The predicted octanol–water partition coefficient (Wildman–Crippen LogP) is 4.17. The highest BCUT2D eigenvalue weighted by Crippen LogP contribution is 2.40. The highest BCUT2D eigenvalue weighted by molar-refractivity contribution is 6.25. The van der Waals surface area contributed by atoms with E-state index in [1.165, 1.54) is 31.3 Å². The van der Waals surface area contributed by atoms with E-state index in [0.29, 0.717) is 51.3 Å². The maximum Gasteiger partial charge on any atom is 0.342 e. The molecule has 20 heteroatoms. The molecule has 1 aromatic heterocycles. The van der Waals surface area contributed by atoms with E-state index < -0.39 is 59.8 Å². The van der Waals surface area contributed by atoms with Gasteiger partial charge in [0.05, 0.1) is 42.2 Å². The van der Waals surface area contributed by atoms with Gasteiger partial charge in [0.1, 0.15) is 23.3 Å². The summed E-state index contributed by atoms with van der Waals surface area (Å²) >= 11 is 0. The molecule has 2 aromatic carbocycles. The summed E-state index contributed by atoms with van der Waals surface area (Å²) in [4.78, 5) is 92.7. The quantitative estimate of drug-likeness (QED) is 0.164. The van der Waals surface area contributed by atoms with Crippen molar-refractivity contribution in [1.82, 2.24) is 30.0 Å². The average molecular weight is 875 g/mol. The van der Waals surface area contributed by atoms with Crippen molar-refractivity contribution in [2.45, 2.75) is 75.8 Å². The maximum atomic E-state index is 15.7. The van der Waals surface area contributed by atoms with E-state index in [1.54, 1.807) is 23.1 Å². The summed E-state index contributed by atoms with van der Waals surface area (Å²) < 4.78 is 51.4. The van der Waals surface area contributed by atoms with Gasteiger partial charge in [0.15, 0.2) is 5.82 Å². The molecule has 0 bridgehead atoms. The van der Waals surface area contributed by atoms with E-state index in [-0.39, 0.29) is 64.5 Å². The van der Waals surface area contributed by atoms with Gasteiger partial charge in [0, 0.05) is 64.0 Å². The fourth-order valence-corrected chi connectivity index (χ4v) is 9.08. The SMILES string of the molecule is COc1cc(C(=O)N2CCN(CCCCCNc3cccc4c3C(=O)N(C3CCC(=O)NC3=O)C4=O)CC2)c(F)cc1Nc1ncc2c(n1)N(C1CCCC1)CC(F)(F)C(=O)N2C. The number of amides is 6. The number of methoxy groups -OCH3 is 1. The molecule has 0 spiro atoms. The van der Waals surface area contributed by atoms with Crippen LogP contribution in [0.3, 0.4) is 0 Å². The third-order valence-electron chi connectivity index (χ3n) is 12.5. The predicted molar refractivity (Wildman–Crippen MR) is 224 cm³/mol. The second-order valence-corrected chi connectivity index (χ2v) is 16.5. The molecule has 1 saturated carbocycles. The molecule has 5 aliphatic rings. The number of benzene rings is 2. The zero-order valence-electron chi connectivity index (χ0n) is 35.1. The first-order valence-electron chi connectivity index (χ1n) is 21.3. The summed E-state index contributed by atoms with van der Waals surface area (Å²) in [5.41, 5.74) is 1.03. The number of halogens is 3. The molecule has 0 radical (unpaired) electrons. The second kappa shape index (κ2) is 17.8. The molecule has 5 heterocycles. The first-order chi connectivity index (χ1) is 30.2. The molecule has 334 valence electrons. The molecule has 8 rings (SSSR count). The van der Waals surface area contributed by atoms with Crippen molar-refractivity contribution < 1.29 is 46.7 Å². The number of piperazine rings is 1. The molecule has 1 unspecified atom stereocenters. The summed E-state index contributed by atoms with van der Waals surface area (Å²) in [5, 5.41) is 8.40. The van der Waals surface area contributed by atoms with Crippen LogP contribution in [0.15, 0.2) is 36.5 Å². The Morgan fingerprint density at radius 2 is 1.73 bits per heavy atom. The van der Waals surface area contributed by atoms with Gasteiger partial charge in [-0.15, -0.1) is 0 Å². The van der Waals surface area contributed by atoms with Crippen molar-refractivity contribution in [2.24, 2.45) is 0 Å². The minimum absolute atomic E-state index is 0.0272. The molecule has 2 saturated heterocycles. The third-order valence-corrected chi connectivity index (χ3v) is 12.5. The van der Waals surface area contributed by atoms with E-state index in [4.69, 9.17) is 4.74 Å². The van der Waals surface area contributed by atoms with Crippen LogP contribution in [0.25, 0.3) is 0 Å². The molecular formula is C43H49F3N10O7. The molecule has 63 heavy (non-hydrogen) atoms. The van der Waals surface area contributed by atoms with Crippen LogP contribution in [-0.4, -0.2) is 138 Å². The molecule has 6 amide bonds. The Morgan fingerprint density at radius 1 is 0.968 bits per heavy atom. The van der Waals surface area contributed by atoms with Crippen LogP contribution < -0.4 is 30.5 Å². The first kappa shape index (κ1) is 43.3. The van der Waals surface area contributed by atoms with Crippen LogP contribution in [0.1, 0.15) is 88.9 Å². The van der Waals surface area contributed by atoms with Gasteiger partial charge < -0.3 is 30.1 Å². The zero-order valence-corrected chi connectivity index (χ0v) is 35.1. The van der Waals surface area contributed by atoms with Crippen molar-refractivity contribution in [3.63, 3.8) is 0 Å². The second-order valence-electron chi connectivity index (χ2n) is 16.5. The minimum atomic E-state index is -3.64. The average Bonchev–Trinajstić information content (AvgIpc) is 3.88. The number of piperidine rings is 1. The Hall–Kier alpha value is -6.31. The number of rotatable bonds is 13. The lowest BCUT2D eigenvalue weighted by Gasteiger charge is -2.35. The number of fused-ring (bicyclic) bond motifs is 2. The largest absolute Gasteiger partial charge is 0.495 e. The van der Waals surface area contributed by atoms with E-state index >= 15 is 13.2 Å². The molecule has 1 atom stereocenters. The molecule has 1 aliphatic carbocycles. The van der Waals surface area contributed by atoms with Crippen LogP contribution >= 0.6 is 0 Å². The van der Waals surface area contributed by atoms with Crippen LogP contribution in [0.4, 0.5) is 42.0 Å². The highest BCUT2D eigenvalue weighted by Gasteiger charge is 2.49. The van der Waals surface area contributed by atoms with Gasteiger partial charge in [-0.3, -0.25) is 43.9 Å². The van der Waals surface area contributed by atoms with Crippen LogP contribution in [0.5, 0.6) is 5.75 Å². The Bertz CT molecular complexity index is 2340. The van der Waals surface area contributed by atoms with Gasteiger partial charge in [0.2, 0.25) is 17.8 Å². The van der Waals surface area contributed by atoms with E-state index in [9.17, 15) is 28.8 Å². The molecular weight excluding hydrogens is 826 g/mol. The summed E-state index contributed by atoms with van der Waals surface area (Å²) in [6, 6.07) is 6.12. The Balaban J connectivity index is 0.822. The smallest absolute Gasteiger partial charge is 0.342 e. The monoisotopic (exact) mass is 874 g/mol. The fraction of sp³-hybridized carbons (Fsp3) is 0.488. The number of nitrogens with one attached hydrogen (secondary N) is 3. The number of alkyl halides is 2. The van der Waals surface area contributed by atoms with Gasteiger partial charge >= 0.3 is 5.92 Å². The van der Waals surface area contributed by atoms with Gasteiger partial charge in [-0.2, -0.15) is 13.8 Å². The number of carbonyl (C=O) groups is 6. The van der Waals surface area contributed by atoms with Gasteiger partial charge in [-0.25, -0.2) is 9.37 Å². The lowest BCUT2D eigenvalue weighted by atomic mass is 10.0. The number of hydrogen-bond donors (Lipinski definition) is 3. The Labute approximate surface area is 361 Å². The van der Waals surface area contributed by atoms with Crippen LogP contribution in [0, 0.1) is 5.82 Å². The molecule has 3 aromatic rings. The Morgan fingerprint density at radius 3 is 2.46 bits per heavy atom. The van der Waals surface area contributed by atoms with Crippen LogP contribution in [0.2, 0.25) is 0 Å². The zero-order chi connectivity index (χ0) is 44.6. The van der Waals surface area contributed by atoms with Gasteiger partial charge in [-0.1, -0.05) is 25.3 Å². The molecule has 17 nitrogen and oxygen atoms in total. The lowest BCUT2D eigenvalue weighted by Crippen LogP contribution is -2.54. The fourth-order valence-electron chi connectivity index (χ4n) is 9.08. The number of hydrogen-bond acceptors (Lipinski definition) is 13. The van der Waals surface area contributed by atoms with E-state index in [0.717, 1.165) is 54.5 Å². The highest BCUT2D eigenvalue weighted by atomic mass is 19.3. The maximum absolute atomic E-state index is 15.7. The normalized spacial score (nSPS) is 20.5. The third kappa shape index (κ3) is 8.59. The Kier molecular flexibility index (Phi) is 12.3.